The summed E-state index contributed by atoms with van der Waals surface area (Å²) in [5.41, 5.74) is 0. The van der Waals surface area contributed by atoms with Gasteiger partial charge in [-0.05, 0) is 31.7 Å². The predicted octanol–water partition coefficient (Wildman–Crippen LogP) is 3.60. The minimum Gasteiger partial charge on any atom is -0.339 e. The second-order valence-electron chi connectivity index (χ2n) is 4.93. The fourth-order valence-corrected chi connectivity index (χ4v) is 2.71. The standard InChI is InChI=1S/C15H20FN3OS/c1-4-17-11(3)10(2)15-18-14(19-20-15)9-21-13-7-5-6-12(16)8-13/h5-8,10-11,17H,4,9H2,1-3H3. The molecule has 1 N–H and O–H groups in total. The molecule has 0 spiro atoms. The number of benzene rings is 1. The number of nitrogens with zero attached hydrogens (tertiary/aromatic N) is 2. The van der Waals surface area contributed by atoms with Crippen LogP contribution in [0, 0.1) is 5.82 Å². The Bertz CT molecular complexity index is 576. The molecule has 0 radical (unpaired) electrons. The van der Waals surface area contributed by atoms with Gasteiger partial charge in [-0.3, -0.25) is 0 Å². The average molecular weight is 309 g/mol. The third-order valence-electron chi connectivity index (χ3n) is 3.31. The van der Waals surface area contributed by atoms with Gasteiger partial charge in [-0.15, -0.1) is 11.8 Å². The maximum Gasteiger partial charge on any atom is 0.231 e. The van der Waals surface area contributed by atoms with Crippen molar-refractivity contribution in [3.63, 3.8) is 0 Å². The van der Waals surface area contributed by atoms with Crippen LogP contribution in [0.5, 0.6) is 0 Å². The van der Waals surface area contributed by atoms with Gasteiger partial charge in [-0.2, -0.15) is 4.98 Å². The number of thioether (sulfide) groups is 1. The molecular formula is C15H20FN3OS. The van der Waals surface area contributed by atoms with Crippen LogP contribution in [0.15, 0.2) is 33.7 Å². The first-order valence-corrected chi connectivity index (χ1v) is 8.03. The van der Waals surface area contributed by atoms with E-state index in [1.807, 2.05) is 6.07 Å². The third-order valence-corrected chi connectivity index (χ3v) is 4.30. The molecule has 114 valence electrons. The Kier molecular flexibility index (Phi) is 5.76. The summed E-state index contributed by atoms with van der Waals surface area (Å²) in [6.07, 6.45) is 0. The van der Waals surface area contributed by atoms with Crippen LogP contribution in [-0.4, -0.2) is 22.7 Å². The van der Waals surface area contributed by atoms with Crippen LogP contribution < -0.4 is 5.32 Å². The molecule has 2 rings (SSSR count). The topological polar surface area (TPSA) is 51.0 Å². The summed E-state index contributed by atoms with van der Waals surface area (Å²) in [5, 5.41) is 7.33. The molecule has 0 aliphatic carbocycles. The second-order valence-corrected chi connectivity index (χ2v) is 5.98. The highest BCUT2D eigenvalue weighted by Gasteiger charge is 2.19. The molecule has 0 aliphatic heterocycles. The molecule has 21 heavy (non-hydrogen) atoms. The number of likely N-dealkylation sites (N-methyl/N-ethyl adjacent to an activating group) is 1. The average Bonchev–Trinajstić information content (AvgIpc) is 2.93. The molecule has 0 aliphatic rings. The molecule has 6 heteroatoms. The van der Waals surface area contributed by atoms with Crippen molar-refractivity contribution in [2.45, 2.75) is 43.4 Å². The van der Waals surface area contributed by atoms with Crippen LogP contribution in [0.3, 0.4) is 0 Å². The summed E-state index contributed by atoms with van der Waals surface area (Å²) in [4.78, 5) is 5.28. The molecule has 1 heterocycles. The summed E-state index contributed by atoms with van der Waals surface area (Å²) in [5.74, 6) is 1.76. The van der Waals surface area contributed by atoms with Gasteiger partial charge in [-0.25, -0.2) is 4.39 Å². The van der Waals surface area contributed by atoms with E-state index in [0.717, 1.165) is 11.4 Å². The van der Waals surface area contributed by atoms with E-state index in [1.165, 1.54) is 23.9 Å². The zero-order chi connectivity index (χ0) is 15.2. The lowest BCUT2D eigenvalue weighted by Gasteiger charge is -2.16. The van der Waals surface area contributed by atoms with Crippen LogP contribution >= 0.6 is 11.8 Å². The van der Waals surface area contributed by atoms with Crippen molar-refractivity contribution in [3.8, 4) is 0 Å². The molecular weight excluding hydrogens is 289 g/mol. The quantitative estimate of drug-likeness (QED) is 0.792. The van der Waals surface area contributed by atoms with E-state index in [-0.39, 0.29) is 17.8 Å². The van der Waals surface area contributed by atoms with Gasteiger partial charge in [-0.1, -0.05) is 25.1 Å². The number of hydrogen-bond acceptors (Lipinski definition) is 5. The van der Waals surface area contributed by atoms with Crippen LogP contribution in [-0.2, 0) is 5.75 Å². The molecule has 0 saturated heterocycles. The van der Waals surface area contributed by atoms with Crippen molar-refractivity contribution < 1.29 is 8.91 Å². The van der Waals surface area contributed by atoms with Crippen molar-refractivity contribution >= 4 is 11.8 Å². The highest BCUT2D eigenvalue weighted by molar-refractivity contribution is 7.98. The molecule has 0 fully saturated rings. The fraction of sp³-hybridized carbons (Fsp3) is 0.467. The summed E-state index contributed by atoms with van der Waals surface area (Å²) < 4.78 is 18.4. The van der Waals surface area contributed by atoms with E-state index < -0.39 is 0 Å². The monoisotopic (exact) mass is 309 g/mol. The lowest BCUT2D eigenvalue weighted by molar-refractivity contribution is 0.330. The molecule has 0 bridgehead atoms. The van der Waals surface area contributed by atoms with Crippen molar-refractivity contribution in [2.75, 3.05) is 6.54 Å². The minimum atomic E-state index is -0.234. The number of aromatic nitrogens is 2. The van der Waals surface area contributed by atoms with Crippen molar-refractivity contribution in [3.05, 3.63) is 41.8 Å². The Hall–Kier alpha value is -1.40. The Labute approximate surface area is 128 Å². The maximum atomic E-state index is 13.1. The first-order chi connectivity index (χ1) is 10.1. The van der Waals surface area contributed by atoms with Crippen LogP contribution in [0.4, 0.5) is 4.39 Å². The van der Waals surface area contributed by atoms with Gasteiger partial charge in [0.2, 0.25) is 5.89 Å². The molecule has 1 aromatic heterocycles. The van der Waals surface area contributed by atoms with Crippen LogP contribution in [0.1, 0.15) is 38.4 Å². The smallest absolute Gasteiger partial charge is 0.231 e. The molecule has 0 saturated carbocycles. The van der Waals surface area contributed by atoms with E-state index in [1.54, 1.807) is 6.07 Å². The highest BCUT2D eigenvalue weighted by atomic mass is 32.2. The van der Waals surface area contributed by atoms with Crippen molar-refractivity contribution in [1.82, 2.24) is 15.5 Å². The van der Waals surface area contributed by atoms with E-state index in [4.69, 9.17) is 4.52 Å². The second kappa shape index (κ2) is 7.56. The number of nitrogens with one attached hydrogen (secondary N) is 1. The molecule has 0 amide bonds. The van der Waals surface area contributed by atoms with Crippen LogP contribution in [0.25, 0.3) is 0 Å². The predicted molar refractivity (Wildman–Crippen MR) is 81.8 cm³/mol. The van der Waals surface area contributed by atoms with Crippen LogP contribution in [0.2, 0.25) is 0 Å². The van der Waals surface area contributed by atoms with Gasteiger partial charge in [0.05, 0.1) is 11.7 Å². The van der Waals surface area contributed by atoms with Crippen molar-refractivity contribution in [1.29, 1.82) is 0 Å². The van der Waals surface area contributed by atoms with Gasteiger partial charge < -0.3 is 9.84 Å². The number of halogens is 1. The Balaban J connectivity index is 1.94. The molecule has 2 atom stereocenters. The fourth-order valence-electron chi connectivity index (χ4n) is 1.93. The lowest BCUT2D eigenvalue weighted by Crippen LogP contribution is -2.30. The van der Waals surface area contributed by atoms with E-state index in [9.17, 15) is 4.39 Å². The number of rotatable bonds is 7. The van der Waals surface area contributed by atoms with E-state index in [0.29, 0.717) is 17.5 Å². The summed E-state index contributed by atoms with van der Waals surface area (Å²) in [6, 6.07) is 6.77. The zero-order valence-electron chi connectivity index (χ0n) is 12.5. The van der Waals surface area contributed by atoms with Gasteiger partial charge in [0.15, 0.2) is 5.82 Å². The first-order valence-electron chi connectivity index (χ1n) is 7.04. The largest absolute Gasteiger partial charge is 0.339 e. The SMILES string of the molecule is CCNC(C)C(C)c1nc(CSc2cccc(F)c2)no1. The van der Waals surface area contributed by atoms with E-state index in [2.05, 4.69) is 36.2 Å². The molecule has 2 aromatic rings. The lowest BCUT2D eigenvalue weighted by atomic mass is 10.0. The molecule has 2 unspecified atom stereocenters. The summed E-state index contributed by atoms with van der Waals surface area (Å²) in [6.45, 7) is 7.13. The Morgan fingerprint density at radius 1 is 1.38 bits per heavy atom. The third kappa shape index (κ3) is 4.54. The van der Waals surface area contributed by atoms with Crippen molar-refractivity contribution in [2.24, 2.45) is 0 Å². The van der Waals surface area contributed by atoms with Gasteiger partial charge in [0, 0.05) is 10.9 Å². The molecule has 4 nitrogen and oxygen atoms in total. The minimum absolute atomic E-state index is 0.158. The van der Waals surface area contributed by atoms with Gasteiger partial charge in [0.1, 0.15) is 5.82 Å². The summed E-state index contributed by atoms with van der Waals surface area (Å²) in [7, 11) is 0. The maximum absolute atomic E-state index is 13.1. The number of hydrogen-bond donors (Lipinski definition) is 1. The Morgan fingerprint density at radius 2 is 2.19 bits per heavy atom. The highest BCUT2D eigenvalue weighted by Crippen LogP contribution is 2.23. The Morgan fingerprint density at radius 3 is 2.90 bits per heavy atom. The van der Waals surface area contributed by atoms with E-state index >= 15 is 0 Å². The summed E-state index contributed by atoms with van der Waals surface area (Å²) >= 11 is 1.49. The van der Waals surface area contributed by atoms with Gasteiger partial charge >= 0.3 is 0 Å². The normalized spacial score (nSPS) is 14.1. The first kappa shape index (κ1) is 16.0. The zero-order valence-corrected chi connectivity index (χ0v) is 13.3. The molecule has 1 aromatic carbocycles. The van der Waals surface area contributed by atoms with Gasteiger partial charge in [0.25, 0.3) is 0 Å².